The Kier molecular flexibility index (Phi) is 6.07. The molecule has 0 radical (unpaired) electrons. The van der Waals surface area contributed by atoms with E-state index in [0.29, 0.717) is 0 Å². The molecule has 0 saturated heterocycles. The number of benzene rings is 2. The summed E-state index contributed by atoms with van der Waals surface area (Å²) in [5.74, 6) is 0. The maximum atomic E-state index is 2.30. The minimum absolute atomic E-state index is 0. The highest BCUT2D eigenvalue weighted by molar-refractivity contribution is 14.0. The van der Waals surface area contributed by atoms with Gasteiger partial charge >= 0.3 is 0 Å². The van der Waals surface area contributed by atoms with Gasteiger partial charge in [0.05, 0.1) is 0 Å². The summed E-state index contributed by atoms with van der Waals surface area (Å²) in [4.78, 5) is 2.30. The van der Waals surface area contributed by atoms with E-state index in [-0.39, 0.29) is 24.0 Å². The average molecular weight is 405 g/mol. The van der Waals surface area contributed by atoms with Crippen molar-refractivity contribution in [2.45, 2.75) is 26.2 Å². The van der Waals surface area contributed by atoms with E-state index in [0.717, 1.165) is 6.54 Å². The first-order valence-corrected chi connectivity index (χ1v) is 7.89. The molecule has 0 atom stereocenters. The molecule has 2 aromatic rings. The molecule has 0 aromatic heterocycles. The first kappa shape index (κ1) is 17.1. The Morgan fingerprint density at radius 2 is 1.82 bits per heavy atom. The summed E-state index contributed by atoms with van der Waals surface area (Å²) in [6.45, 7) is 3.24. The fraction of sp³-hybridized carbons (Fsp3) is 0.300. The summed E-state index contributed by atoms with van der Waals surface area (Å²) in [6, 6.07) is 15.7. The van der Waals surface area contributed by atoms with Crippen LogP contribution in [0.25, 0.3) is 17.2 Å². The highest BCUT2D eigenvalue weighted by Crippen LogP contribution is 2.34. The quantitative estimate of drug-likeness (QED) is 0.583. The van der Waals surface area contributed by atoms with E-state index in [1.165, 1.54) is 47.2 Å². The largest absolute Gasteiger partial charge is 0.370 e. The predicted octanol–water partition coefficient (Wildman–Crippen LogP) is 5.78. The average Bonchev–Trinajstić information content (AvgIpc) is 2.53. The van der Waals surface area contributed by atoms with Gasteiger partial charge in [-0.25, -0.2) is 0 Å². The Hall–Kier alpha value is -1.29. The number of likely N-dealkylation sites (N-methyl/N-ethyl adjacent to an activating group) is 1. The normalized spacial score (nSPS) is 12.7. The number of unbranched alkanes of at least 4 members (excludes halogenated alkanes) is 1. The lowest BCUT2D eigenvalue weighted by Gasteiger charge is -2.25. The lowest BCUT2D eigenvalue weighted by molar-refractivity contribution is 0.795. The van der Waals surface area contributed by atoms with Gasteiger partial charge in [-0.2, -0.15) is 0 Å². The van der Waals surface area contributed by atoms with Crippen molar-refractivity contribution in [3.05, 3.63) is 59.7 Å². The Morgan fingerprint density at radius 1 is 1.05 bits per heavy atom. The summed E-state index contributed by atoms with van der Waals surface area (Å²) in [7, 11) is 2.15. The van der Waals surface area contributed by atoms with Crippen molar-refractivity contribution in [2.24, 2.45) is 0 Å². The summed E-state index contributed by atoms with van der Waals surface area (Å²) >= 11 is 0. The summed E-state index contributed by atoms with van der Waals surface area (Å²) in [6.07, 6.45) is 8.21. The number of aryl methyl sites for hydroxylation is 1. The number of hydrogen-bond donors (Lipinski definition) is 0. The molecular weight excluding hydrogens is 381 g/mol. The minimum atomic E-state index is 0. The fourth-order valence-electron chi connectivity index (χ4n) is 2.97. The summed E-state index contributed by atoms with van der Waals surface area (Å²) < 4.78 is 0. The van der Waals surface area contributed by atoms with E-state index < -0.39 is 0 Å². The van der Waals surface area contributed by atoms with E-state index in [4.69, 9.17) is 0 Å². The fourth-order valence-corrected chi connectivity index (χ4v) is 2.97. The number of nitrogens with zero attached hydrogens (tertiary/aromatic N) is 1. The predicted molar refractivity (Wildman–Crippen MR) is 108 cm³/mol. The maximum absolute atomic E-state index is 2.30. The van der Waals surface area contributed by atoms with E-state index in [1.807, 2.05) is 0 Å². The highest BCUT2D eigenvalue weighted by Gasteiger charge is 2.13. The second-order valence-corrected chi connectivity index (χ2v) is 5.82. The smallest absolute Gasteiger partial charge is 0.0446 e. The van der Waals surface area contributed by atoms with Crippen LogP contribution in [-0.2, 0) is 6.42 Å². The van der Waals surface area contributed by atoms with Crippen LogP contribution in [0.2, 0.25) is 0 Å². The van der Waals surface area contributed by atoms with E-state index in [1.54, 1.807) is 0 Å². The molecule has 116 valence electrons. The molecule has 0 spiro atoms. The molecule has 1 aliphatic heterocycles. The van der Waals surface area contributed by atoms with Gasteiger partial charge in [0.15, 0.2) is 0 Å². The van der Waals surface area contributed by atoms with Gasteiger partial charge in [0.1, 0.15) is 0 Å². The van der Waals surface area contributed by atoms with Gasteiger partial charge in [-0.1, -0.05) is 61.9 Å². The lowest BCUT2D eigenvalue weighted by Crippen LogP contribution is -2.20. The van der Waals surface area contributed by atoms with Crippen molar-refractivity contribution in [2.75, 3.05) is 18.5 Å². The Bertz CT molecular complexity index is 643. The van der Waals surface area contributed by atoms with Crippen LogP contribution < -0.4 is 4.90 Å². The molecule has 3 rings (SSSR count). The zero-order valence-corrected chi connectivity index (χ0v) is 15.7. The van der Waals surface area contributed by atoms with Gasteiger partial charge in [0.2, 0.25) is 0 Å². The van der Waals surface area contributed by atoms with E-state index >= 15 is 0 Å². The first-order valence-electron chi connectivity index (χ1n) is 7.89. The highest BCUT2D eigenvalue weighted by atomic mass is 127. The molecule has 0 saturated carbocycles. The van der Waals surface area contributed by atoms with Crippen LogP contribution in [0.15, 0.2) is 48.5 Å². The summed E-state index contributed by atoms with van der Waals surface area (Å²) in [5, 5.41) is 0. The van der Waals surface area contributed by atoms with Gasteiger partial charge in [-0.05, 0) is 35.6 Å². The van der Waals surface area contributed by atoms with Gasteiger partial charge in [0.25, 0.3) is 0 Å². The third kappa shape index (κ3) is 3.54. The molecule has 22 heavy (non-hydrogen) atoms. The topological polar surface area (TPSA) is 3.24 Å². The molecule has 0 amide bonds. The zero-order valence-electron chi connectivity index (χ0n) is 13.4. The van der Waals surface area contributed by atoms with E-state index in [9.17, 15) is 0 Å². The zero-order chi connectivity index (χ0) is 14.7. The maximum Gasteiger partial charge on any atom is 0.0446 e. The van der Waals surface area contributed by atoms with Crippen molar-refractivity contribution in [3.63, 3.8) is 0 Å². The third-order valence-electron chi connectivity index (χ3n) is 4.24. The van der Waals surface area contributed by atoms with Crippen LogP contribution in [0, 0.1) is 0 Å². The monoisotopic (exact) mass is 405 g/mol. The minimum Gasteiger partial charge on any atom is -0.370 e. The summed E-state index contributed by atoms with van der Waals surface area (Å²) in [5.41, 5.74) is 6.75. The van der Waals surface area contributed by atoms with Crippen LogP contribution in [0.4, 0.5) is 5.69 Å². The number of anilines is 1. The second kappa shape index (κ2) is 7.82. The van der Waals surface area contributed by atoms with Gasteiger partial charge < -0.3 is 4.90 Å². The SMILES string of the molecule is CCCCc1ccc(-c2cccc3c2C=CCN3C)cc1.I. The molecule has 0 N–H and O–H groups in total. The molecule has 0 aliphatic carbocycles. The Morgan fingerprint density at radius 3 is 2.55 bits per heavy atom. The van der Waals surface area contributed by atoms with Crippen molar-refractivity contribution < 1.29 is 0 Å². The van der Waals surface area contributed by atoms with Crippen molar-refractivity contribution in [1.82, 2.24) is 0 Å². The molecule has 0 fully saturated rings. The standard InChI is InChI=1S/C20H23N.HI/c1-3-4-7-16-11-13-17(14-12-16)18-8-5-10-20-19(18)9-6-15-21(20)2;/h5-6,8-14H,3-4,7,15H2,1-2H3;1H. The number of halogens is 1. The van der Waals surface area contributed by atoms with Crippen LogP contribution in [-0.4, -0.2) is 13.6 Å². The number of fused-ring (bicyclic) bond motifs is 1. The van der Waals surface area contributed by atoms with Gasteiger partial charge in [0, 0.05) is 24.8 Å². The number of hydrogen-bond acceptors (Lipinski definition) is 1. The van der Waals surface area contributed by atoms with Crippen LogP contribution in [0.5, 0.6) is 0 Å². The van der Waals surface area contributed by atoms with Crippen molar-refractivity contribution in [3.8, 4) is 11.1 Å². The molecular formula is C20H24IN. The molecule has 1 heterocycles. The molecule has 0 bridgehead atoms. The lowest BCUT2D eigenvalue weighted by atomic mass is 9.94. The molecule has 1 aliphatic rings. The molecule has 2 heteroatoms. The third-order valence-corrected chi connectivity index (χ3v) is 4.24. The molecule has 0 unspecified atom stereocenters. The number of rotatable bonds is 4. The van der Waals surface area contributed by atoms with Crippen LogP contribution in [0.3, 0.4) is 0 Å². The van der Waals surface area contributed by atoms with Crippen LogP contribution in [0.1, 0.15) is 30.9 Å². The molecule has 2 aromatic carbocycles. The molecule has 1 nitrogen and oxygen atoms in total. The van der Waals surface area contributed by atoms with Gasteiger partial charge in [-0.3, -0.25) is 0 Å². The van der Waals surface area contributed by atoms with Crippen LogP contribution >= 0.6 is 24.0 Å². The van der Waals surface area contributed by atoms with Gasteiger partial charge in [-0.15, -0.1) is 24.0 Å². The van der Waals surface area contributed by atoms with Crippen molar-refractivity contribution in [1.29, 1.82) is 0 Å². The second-order valence-electron chi connectivity index (χ2n) is 5.82. The van der Waals surface area contributed by atoms with E-state index in [2.05, 4.69) is 73.5 Å². The van der Waals surface area contributed by atoms with Crippen molar-refractivity contribution >= 4 is 35.7 Å². The Labute approximate surface area is 151 Å². The Balaban J connectivity index is 0.00000176. The first-order chi connectivity index (χ1) is 10.3.